The quantitative estimate of drug-likeness (QED) is 0.460. The number of hydrazine groups is 2. The number of carboxylic acid groups (broad SMARTS) is 1. The lowest BCUT2D eigenvalue weighted by Gasteiger charge is -2.26. The van der Waals surface area contributed by atoms with Crippen molar-refractivity contribution in [3.05, 3.63) is 4.91 Å². The van der Waals surface area contributed by atoms with E-state index in [2.05, 4.69) is 5.59 Å². The Morgan fingerprint density at radius 2 is 2.15 bits per heavy atom. The van der Waals surface area contributed by atoms with Gasteiger partial charge in [-0.2, -0.15) is 0 Å². The Morgan fingerprint density at radius 3 is 2.60 bits per heavy atom. The smallest absolute Gasteiger partial charge is 0.306 e. The molecule has 0 heterocycles. The van der Waals surface area contributed by atoms with Gasteiger partial charge in [0, 0.05) is 12.1 Å². The highest BCUT2D eigenvalue weighted by Gasteiger charge is 2.36. The molecule has 0 radical (unpaired) electrons. The van der Waals surface area contributed by atoms with Gasteiger partial charge in [0.1, 0.15) is 0 Å². The van der Waals surface area contributed by atoms with Crippen LogP contribution in [0.3, 0.4) is 0 Å². The van der Waals surface area contributed by atoms with Crippen LogP contribution in [0.25, 0.3) is 0 Å². The minimum absolute atomic E-state index is 0.257. The number of nitrogens with one attached hydrogen (secondary N) is 1. The lowest BCUT2D eigenvalue weighted by atomic mass is 10.1. The molecule has 4 N–H and O–H groups in total. The molecule has 1 aliphatic carbocycles. The Bertz CT molecular complexity index is 356. The van der Waals surface area contributed by atoms with Crippen molar-refractivity contribution in [1.82, 2.24) is 10.6 Å². The fourth-order valence-electron chi connectivity index (χ4n) is 2.26. The van der Waals surface area contributed by atoms with Crippen LogP contribution in [0.2, 0.25) is 0 Å². The van der Waals surface area contributed by atoms with E-state index in [0.717, 1.165) is 0 Å². The Balaban J connectivity index is 2.44. The van der Waals surface area contributed by atoms with Gasteiger partial charge in [-0.05, 0) is 40.0 Å². The lowest BCUT2D eigenvalue weighted by Crippen LogP contribution is -2.54. The fourth-order valence-corrected chi connectivity index (χ4v) is 2.26. The van der Waals surface area contributed by atoms with E-state index in [1.165, 1.54) is 5.01 Å². The Morgan fingerprint density at radius 1 is 1.50 bits per heavy atom. The van der Waals surface area contributed by atoms with Crippen LogP contribution in [0.5, 0.6) is 0 Å². The standard InChI is InChI=1S/C12H24N4O4/c1-12(2,3)15(7-6-13)16(19)14-20-10-5-4-9(8-10)11(17)18/h9-10H,4-8,13H2,1-3H3,(H-,14,17,18,19)/p+1. The van der Waals surface area contributed by atoms with E-state index in [4.69, 9.17) is 15.7 Å². The van der Waals surface area contributed by atoms with Gasteiger partial charge in [-0.1, -0.05) is 0 Å². The minimum Gasteiger partial charge on any atom is -0.481 e. The van der Waals surface area contributed by atoms with Crippen molar-refractivity contribution in [3.63, 3.8) is 0 Å². The Labute approximate surface area is 118 Å². The summed E-state index contributed by atoms with van der Waals surface area (Å²) < 4.78 is 0. The van der Waals surface area contributed by atoms with Crippen LogP contribution in [0.1, 0.15) is 40.0 Å². The van der Waals surface area contributed by atoms with Gasteiger partial charge < -0.3 is 10.8 Å². The summed E-state index contributed by atoms with van der Waals surface area (Å²) in [4.78, 5) is 28.6. The van der Waals surface area contributed by atoms with E-state index in [9.17, 15) is 9.70 Å². The van der Waals surface area contributed by atoms with E-state index in [1.54, 1.807) is 0 Å². The SMILES string of the molecule is CC(C)(C)N(CCN)[N+](=O)NOC1CCC(C(=O)O)C1. The number of carboxylic acids is 1. The number of hydrogen-bond acceptors (Lipinski definition) is 4. The Kier molecular flexibility index (Phi) is 5.70. The molecule has 0 bridgehead atoms. The molecule has 2 atom stereocenters. The first kappa shape index (κ1) is 16.6. The van der Waals surface area contributed by atoms with Gasteiger partial charge in [0.15, 0.2) is 0 Å². The molecule has 20 heavy (non-hydrogen) atoms. The average molecular weight is 289 g/mol. The third-order valence-electron chi connectivity index (χ3n) is 3.37. The van der Waals surface area contributed by atoms with Gasteiger partial charge in [-0.25, -0.2) is 4.84 Å². The van der Waals surface area contributed by atoms with Crippen molar-refractivity contribution >= 4 is 5.97 Å². The molecule has 2 unspecified atom stereocenters. The van der Waals surface area contributed by atoms with Crippen molar-refractivity contribution in [2.45, 2.75) is 51.7 Å². The summed E-state index contributed by atoms with van der Waals surface area (Å²) >= 11 is 0. The second-order valence-electron chi connectivity index (χ2n) is 6.03. The first-order valence-corrected chi connectivity index (χ1v) is 6.84. The van der Waals surface area contributed by atoms with Crippen LogP contribution in [0.15, 0.2) is 0 Å². The van der Waals surface area contributed by atoms with E-state index in [0.29, 0.717) is 37.3 Å². The summed E-state index contributed by atoms with van der Waals surface area (Å²) in [5, 5.41) is 10.4. The van der Waals surface area contributed by atoms with Gasteiger partial charge in [-0.15, -0.1) is 5.01 Å². The van der Waals surface area contributed by atoms with Crippen LogP contribution < -0.4 is 11.3 Å². The maximum Gasteiger partial charge on any atom is 0.306 e. The van der Waals surface area contributed by atoms with Gasteiger partial charge in [0.05, 0.1) is 29.0 Å². The van der Waals surface area contributed by atoms with Gasteiger partial charge in [0.25, 0.3) is 4.98 Å². The summed E-state index contributed by atoms with van der Waals surface area (Å²) in [5.74, 6) is -1.20. The van der Waals surface area contributed by atoms with Crippen molar-refractivity contribution < 1.29 is 19.7 Å². The van der Waals surface area contributed by atoms with E-state index in [-0.39, 0.29) is 12.0 Å². The number of nitroso groups, excluding NO2 is 1. The third kappa shape index (κ3) is 4.61. The average Bonchev–Trinajstić information content (AvgIpc) is 2.80. The summed E-state index contributed by atoms with van der Waals surface area (Å²) in [6.45, 7) is 6.43. The van der Waals surface area contributed by atoms with E-state index in [1.807, 2.05) is 20.8 Å². The third-order valence-corrected chi connectivity index (χ3v) is 3.37. The molecule has 0 aromatic heterocycles. The number of hydrogen-bond donors (Lipinski definition) is 3. The molecule has 0 aromatic rings. The number of rotatable bonds is 7. The molecule has 1 fully saturated rings. The second-order valence-corrected chi connectivity index (χ2v) is 6.03. The van der Waals surface area contributed by atoms with Crippen LogP contribution in [-0.2, 0) is 9.63 Å². The van der Waals surface area contributed by atoms with Crippen molar-refractivity contribution in [3.8, 4) is 0 Å². The van der Waals surface area contributed by atoms with Crippen LogP contribution in [-0.4, -0.2) is 45.8 Å². The van der Waals surface area contributed by atoms with Gasteiger partial charge in [0.2, 0.25) is 0 Å². The highest BCUT2D eigenvalue weighted by molar-refractivity contribution is 5.70. The molecular weight excluding hydrogens is 264 g/mol. The van der Waals surface area contributed by atoms with Crippen LogP contribution >= 0.6 is 0 Å². The number of aliphatic carboxylic acids is 1. The van der Waals surface area contributed by atoms with Crippen LogP contribution in [0.4, 0.5) is 0 Å². The lowest BCUT2D eigenvalue weighted by molar-refractivity contribution is -0.801. The van der Waals surface area contributed by atoms with Crippen LogP contribution in [0, 0.1) is 10.8 Å². The summed E-state index contributed by atoms with van der Waals surface area (Å²) in [6.07, 6.45) is 1.37. The molecule has 1 saturated carbocycles. The topological polar surface area (TPSA) is 108 Å². The molecule has 8 nitrogen and oxygen atoms in total. The van der Waals surface area contributed by atoms with Gasteiger partial charge >= 0.3 is 5.97 Å². The molecule has 0 spiro atoms. The van der Waals surface area contributed by atoms with Crippen molar-refractivity contribution in [2.75, 3.05) is 13.1 Å². The highest BCUT2D eigenvalue weighted by atomic mass is 16.7. The highest BCUT2D eigenvalue weighted by Crippen LogP contribution is 2.27. The predicted molar refractivity (Wildman–Crippen MR) is 72.1 cm³/mol. The number of carbonyl (C=O) groups is 1. The predicted octanol–water partition coefficient (Wildman–Crippen LogP) is 0.429. The maximum atomic E-state index is 12.0. The summed E-state index contributed by atoms with van der Waals surface area (Å²) in [7, 11) is 0. The molecule has 0 saturated heterocycles. The monoisotopic (exact) mass is 289 g/mol. The molecule has 1 rings (SSSR count). The molecular formula is C12H25N4O4+. The molecule has 0 aliphatic heterocycles. The van der Waals surface area contributed by atoms with Gasteiger partial charge in [-0.3, -0.25) is 4.79 Å². The molecule has 116 valence electrons. The molecule has 0 amide bonds. The Hall–Kier alpha value is -1.41. The van der Waals surface area contributed by atoms with Crippen molar-refractivity contribution in [1.29, 1.82) is 0 Å². The summed E-state index contributed by atoms with van der Waals surface area (Å²) in [6, 6.07) is 0. The first-order valence-electron chi connectivity index (χ1n) is 6.84. The normalized spacial score (nSPS) is 22.6. The number of nitrogens with zero attached hydrogens (tertiary/aromatic N) is 2. The van der Waals surface area contributed by atoms with Crippen molar-refractivity contribution in [2.24, 2.45) is 11.7 Å². The maximum absolute atomic E-state index is 12.0. The zero-order chi connectivity index (χ0) is 15.3. The number of nitrogens with two attached hydrogens (primary N) is 1. The van der Waals surface area contributed by atoms with E-state index >= 15 is 0 Å². The zero-order valence-electron chi connectivity index (χ0n) is 12.3. The van der Waals surface area contributed by atoms with E-state index < -0.39 is 11.5 Å². The first-order chi connectivity index (χ1) is 9.25. The minimum atomic E-state index is -0.811. The molecule has 1 aliphatic rings. The second kappa shape index (κ2) is 6.85. The fraction of sp³-hybridized carbons (Fsp3) is 0.917. The zero-order valence-corrected chi connectivity index (χ0v) is 12.3. The molecule has 8 heteroatoms. The molecule has 0 aromatic carbocycles. The largest absolute Gasteiger partial charge is 0.481 e. The summed E-state index contributed by atoms with van der Waals surface area (Å²) in [5.41, 5.74) is 7.43.